The molecule has 3 aromatic rings. The molecule has 1 amide bonds. The van der Waals surface area contributed by atoms with Crippen molar-refractivity contribution >= 4 is 17.5 Å². The number of allylic oxidation sites excluding steroid dienone is 1. The Balaban J connectivity index is 1.59. The molecule has 1 saturated heterocycles. The molecule has 0 atom stereocenters. The zero-order valence-electron chi connectivity index (χ0n) is 21.7. The van der Waals surface area contributed by atoms with E-state index in [0.717, 1.165) is 30.5 Å². The fourth-order valence-electron chi connectivity index (χ4n) is 4.84. The van der Waals surface area contributed by atoms with E-state index in [9.17, 15) is 9.59 Å². The van der Waals surface area contributed by atoms with Crippen LogP contribution >= 0.6 is 0 Å². The van der Waals surface area contributed by atoms with Gasteiger partial charge in [-0.05, 0) is 82.9 Å². The van der Waals surface area contributed by atoms with Crippen molar-refractivity contribution in [2.45, 2.75) is 58.5 Å². The fourth-order valence-corrected chi connectivity index (χ4v) is 4.84. The summed E-state index contributed by atoms with van der Waals surface area (Å²) in [5, 5.41) is 2.89. The van der Waals surface area contributed by atoms with Crippen molar-refractivity contribution in [3.63, 3.8) is 0 Å². The second-order valence-corrected chi connectivity index (χ2v) is 9.87. The average molecular weight is 491 g/mol. The van der Waals surface area contributed by atoms with E-state index in [1.165, 1.54) is 32.4 Å². The van der Waals surface area contributed by atoms with Crippen LogP contribution in [0, 0.1) is 0 Å². The van der Waals surface area contributed by atoms with Crippen LogP contribution < -0.4 is 15.6 Å². The maximum atomic E-state index is 13.6. The van der Waals surface area contributed by atoms with E-state index >= 15 is 0 Å². The summed E-state index contributed by atoms with van der Waals surface area (Å²) in [6.45, 7) is 7.37. The molecule has 1 aliphatic heterocycles. The Morgan fingerprint density at radius 3 is 2.69 bits per heavy atom. The van der Waals surface area contributed by atoms with E-state index in [2.05, 4.69) is 22.4 Å². The molecule has 0 unspecified atom stereocenters. The van der Waals surface area contributed by atoms with Gasteiger partial charge in [-0.25, -0.2) is 0 Å². The van der Waals surface area contributed by atoms with Gasteiger partial charge in [0.25, 0.3) is 5.56 Å². The molecule has 1 fully saturated rings. The number of amides is 1. The fraction of sp³-hybridized carbons (Fsp3) is 0.448. The molecule has 3 heterocycles. The van der Waals surface area contributed by atoms with Gasteiger partial charge >= 0.3 is 0 Å². The molecule has 1 aromatic carbocycles. The van der Waals surface area contributed by atoms with Gasteiger partial charge in [-0.1, -0.05) is 30.7 Å². The van der Waals surface area contributed by atoms with Crippen molar-refractivity contribution in [1.82, 2.24) is 19.2 Å². The first kappa shape index (κ1) is 25.8. The maximum Gasteiger partial charge on any atom is 0.275 e. The third-order valence-corrected chi connectivity index (χ3v) is 6.61. The molecule has 0 bridgehead atoms. The van der Waals surface area contributed by atoms with Gasteiger partial charge in [-0.3, -0.25) is 14.2 Å². The summed E-state index contributed by atoms with van der Waals surface area (Å²) < 4.78 is 8.80. The minimum absolute atomic E-state index is 0.00263. The predicted octanol–water partition coefficient (Wildman–Crippen LogP) is 4.58. The highest BCUT2D eigenvalue weighted by atomic mass is 16.5. The Morgan fingerprint density at radius 2 is 1.94 bits per heavy atom. The zero-order chi connectivity index (χ0) is 25.5. The number of rotatable bonds is 10. The quantitative estimate of drug-likeness (QED) is 0.423. The van der Waals surface area contributed by atoms with Crippen LogP contribution in [0.5, 0.6) is 5.75 Å². The van der Waals surface area contributed by atoms with E-state index in [-0.39, 0.29) is 24.1 Å². The number of benzene rings is 1. The van der Waals surface area contributed by atoms with E-state index in [0.29, 0.717) is 17.0 Å². The van der Waals surface area contributed by atoms with Crippen molar-refractivity contribution in [2.24, 2.45) is 0 Å². The largest absolute Gasteiger partial charge is 0.497 e. The summed E-state index contributed by atoms with van der Waals surface area (Å²) in [5.41, 5.74) is 2.81. The first-order valence-corrected chi connectivity index (χ1v) is 13.0. The normalized spacial score (nSPS) is 14.7. The molecule has 1 aliphatic rings. The highest BCUT2D eigenvalue weighted by molar-refractivity contribution is 5.77. The van der Waals surface area contributed by atoms with Crippen LogP contribution in [0.15, 0.2) is 53.6 Å². The topological polar surface area (TPSA) is 68.0 Å². The number of hydrogen-bond donors (Lipinski definition) is 1. The number of unbranched alkanes of at least 4 members (excludes halogenated alkanes) is 1. The number of ether oxygens (including phenoxy) is 1. The molecule has 1 N–H and O–H groups in total. The molecule has 7 heteroatoms. The monoisotopic (exact) mass is 490 g/mol. The number of nitrogens with zero attached hydrogens (tertiary/aromatic N) is 3. The Labute approximate surface area is 213 Å². The van der Waals surface area contributed by atoms with Gasteiger partial charge in [0.2, 0.25) is 5.91 Å². The summed E-state index contributed by atoms with van der Waals surface area (Å²) >= 11 is 0. The van der Waals surface area contributed by atoms with Gasteiger partial charge in [0.15, 0.2) is 0 Å². The van der Waals surface area contributed by atoms with Crippen LogP contribution in [0.3, 0.4) is 0 Å². The van der Waals surface area contributed by atoms with Crippen LogP contribution in [0.1, 0.15) is 51.5 Å². The Bertz CT molecular complexity index is 1270. The Kier molecular flexibility index (Phi) is 8.65. The van der Waals surface area contributed by atoms with Crippen molar-refractivity contribution in [2.75, 3.05) is 26.7 Å². The van der Waals surface area contributed by atoms with E-state index in [1.54, 1.807) is 11.7 Å². The summed E-state index contributed by atoms with van der Waals surface area (Å²) in [6, 6.07) is 9.44. The number of likely N-dealkylation sites (tertiary alicyclic amines) is 1. The number of nitrogens with one attached hydrogen (secondary N) is 1. The van der Waals surface area contributed by atoms with Gasteiger partial charge in [0.1, 0.15) is 17.8 Å². The zero-order valence-corrected chi connectivity index (χ0v) is 21.7. The molecule has 4 rings (SSSR count). The number of carbonyl (C=O) groups is 1. The number of hydrogen-bond acceptors (Lipinski definition) is 4. The lowest BCUT2D eigenvalue weighted by Gasteiger charge is -2.25. The highest BCUT2D eigenvalue weighted by Crippen LogP contribution is 2.24. The van der Waals surface area contributed by atoms with Crippen molar-refractivity contribution in [3.05, 3.63) is 64.7 Å². The number of carbonyl (C=O) groups excluding carboxylic acids is 1. The molecule has 0 spiro atoms. The van der Waals surface area contributed by atoms with Gasteiger partial charge < -0.3 is 19.4 Å². The number of piperidine rings is 1. The molecule has 0 radical (unpaired) electrons. The smallest absolute Gasteiger partial charge is 0.275 e. The molecule has 192 valence electrons. The lowest BCUT2D eigenvalue weighted by atomic mass is 10.1. The van der Waals surface area contributed by atoms with Crippen LogP contribution in [0.4, 0.5) is 0 Å². The molecule has 0 saturated carbocycles. The lowest BCUT2D eigenvalue weighted by Crippen LogP contribution is -2.36. The van der Waals surface area contributed by atoms with Crippen molar-refractivity contribution < 1.29 is 9.53 Å². The molecule has 0 aliphatic carbocycles. The minimum Gasteiger partial charge on any atom is -0.497 e. The summed E-state index contributed by atoms with van der Waals surface area (Å²) in [5.74, 6) is 0.500. The number of aromatic nitrogens is 2. The van der Waals surface area contributed by atoms with Crippen LogP contribution in [-0.2, 0) is 11.3 Å². The second-order valence-electron chi connectivity index (χ2n) is 9.87. The standard InChI is InChI=1S/C29H38N4O3/c1-22(2)30-28(34)21-33-27(24-12-10-13-25(18-24)36-3)20-32-19-23(17-26(32)29(33)35)11-6-4-7-14-31-15-8-5-9-16-31/h6,10-13,17-20,22H,4-5,7-9,14-16,21H2,1-3H3,(H,30,34)/b11-6-. The summed E-state index contributed by atoms with van der Waals surface area (Å²) in [4.78, 5) is 28.7. The van der Waals surface area contributed by atoms with Gasteiger partial charge in [0, 0.05) is 24.0 Å². The van der Waals surface area contributed by atoms with Crippen LogP contribution in [-0.4, -0.2) is 52.6 Å². The molecular weight excluding hydrogens is 452 g/mol. The molecule has 2 aromatic heterocycles. The van der Waals surface area contributed by atoms with Crippen LogP contribution in [0.25, 0.3) is 22.9 Å². The van der Waals surface area contributed by atoms with E-state index < -0.39 is 0 Å². The van der Waals surface area contributed by atoms with Crippen LogP contribution in [0.2, 0.25) is 0 Å². The van der Waals surface area contributed by atoms with E-state index in [4.69, 9.17) is 4.74 Å². The van der Waals surface area contributed by atoms with Gasteiger partial charge in [0.05, 0.1) is 12.8 Å². The van der Waals surface area contributed by atoms with Gasteiger partial charge in [-0.2, -0.15) is 0 Å². The number of methoxy groups -OCH3 is 1. The SMILES string of the molecule is COc1cccc(-c2cn3cc(/C=C\CCCN4CCCCC4)cc3c(=O)n2CC(=O)NC(C)C)c1. The highest BCUT2D eigenvalue weighted by Gasteiger charge is 2.16. The maximum absolute atomic E-state index is 13.6. The number of fused-ring (bicyclic) bond motifs is 1. The first-order valence-electron chi connectivity index (χ1n) is 13.0. The first-order chi connectivity index (χ1) is 17.4. The molecular formula is C29H38N4O3. The third kappa shape index (κ3) is 6.46. The summed E-state index contributed by atoms with van der Waals surface area (Å²) in [7, 11) is 1.61. The molecule has 36 heavy (non-hydrogen) atoms. The lowest BCUT2D eigenvalue weighted by molar-refractivity contribution is -0.122. The predicted molar refractivity (Wildman–Crippen MR) is 145 cm³/mol. The third-order valence-electron chi connectivity index (χ3n) is 6.61. The Morgan fingerprint density at radius 1 is 1.14 bits per heavy atom. The Hall–Kier alpha value is -3.32. The van der Waals surface area contributed by atoms with Crippen molar-refractivity contribution in [1.29, 1.82) is 0 Å². The van der Waals surface area contributed by atoms with E-state index in [1.807, 2.05) is 61.0 Å². The molecule has 7 nitrogen and oxygen atoms in total. The summed E-state index contributed by atoms with van der Waals surface area (Å²) in [6.07, 6.45) is 14.3. The average Bonchev–Trinajstić information content (AvgIpc) is 3.29. The van der Waals surface area contributed by atoms with Gasteiger partial charge in [-0.15, -0.1) is 0 Å². The van der Waals surface area contributed by atoms with Crippen molar-refractivity contribution in [3.8, 4) is 17.0 Å². The second kappa shape index (κ2) is 12.1. The minimum atomic E-state index is -0.195.